The van der Waals surface area contributed by atoms with Crippen LogP contribution in [0.1, 0.15) is 31.3 Å². The van der Waals surface area contributed by atoms with Gasteiger partial charge in [-0.15, -0.1) is 11.6 Å². The van der Waals surface area contributed by atoms with Crippen molar-refractivity contribution < 1.29 is 0 Å². The van der Waals surface area contributed by atoms with E-state index in [1.807, 2.05) is 13.0 Å². The quantitative estimate of drug-likeness (QED) is 0.796. The predicted octanol–water partition coefficient (Wildman–Crippen LogP) is 3.01. The molecule has 2 aromatic heterocycles. The van der Waals surface area contributed by atoms with Gasteiger partial charge in [0.2, 0.25) is 0 Å². The summed E-state index contributed by atoms with van der Waals surface area (Å²) in [5.41, 5.74) is 3.02. The number of hydrogen-bond donors (Lipinski definition) is 0. The Bertz CT molecular complexity index is 616. The third-order valence-corrected chi connectivity index (χ3v) is 4.53. The molecule has 0 radical (unpaired) electrons. The van der Waals surface area contributed by atoms with Crippen LogP contribution in [0, 0.1) is 6.92 Å². The van der Waals surface area contributed by atoms with Gasteiger partial charge in [0.05, 0.1) is 0 Å². The summed E-state index contributed by atoms with van der Waals surface area (Å²) in [6.07, 6.45) is 3.44. The maximum Gasteiger partial charge on any atom is 0.160 e. The average Bonchev–Trinajstić information content (AvgIpc) is 3.09. The van der Waals surface area contributed by atoms with Gasteiger partial charge in [0.1, 0.15) is 11.3 Å². The van der Waals surface area contributed by atoms with E-state index in [9.17, 15) is 0 Å². The van der Waals surface area contributed by atoms with Gasteiger partial charge in [-0.25, -0.2) is 9.97 Å². The van der Waals surface area contributed by atoms with Gasteiger partial charge < -0.3 is 4.57 Å². The van der Waals surface area contributed by atoms with Crippen LogP contribution in [0.15, 0.2) is 12.1 Å². The van der Waals surface area contributed by atoms with Gasteiger partial charge in [-0.3, -0.25) is 4.90 Å². The van der Waals surface area contributed by atoms with E-state index in [0.717, 1.165) is 35.6 Å². The summed E-state index contributed by atoms with van der Waals surface area (Å²) >= 11 is 5.95. The fraction of sp³-hybridized carbons (Fsp3) is 0.625. The number of likely N-dealkylation sites (tertiary alicyclic amines) is 1. The first-order valence-corrected chi connectivity index (χ1v) is 8.35. The highest BCUT2D eigenvalue weighted by molar-refractivity contribution is 6.17. The minimum Gasteiger partial charge on any atom is -0.311 e. The fourth-order valence-electron chi connectivity index (χ4n) is 3.17. The summed E-state index contributed by atoms with van der Waals surface area (Å²) < 4.78 is 2.27. The molecule has 1 fully saturated rings. The smallest absolute Gasteiger partial charge is 0.160 e. The molecule has 0 spiro atoms. The van der Waals surface area contributed by atoms with E-state index in [1.165, 1.54) is 25.9 Å². The molecule has 4 nitrogen and oxygen atoms in total. The summed E-state index contributed by atoms with van der Waals surface area (Å²) in [4.78, 5) is 12.0. The second-order valence-corrected chi connectivity index (χ2v) is 6.34. The topological polar surface area (TPSA) is 34.0 Å². The van der Waals surface area contributed by atoms with E-state index in [4.69, 9.17) is 21.6 Å². The van der Waals surface area contributed by atoms with Crippen molar-refractivity contribution in [2.24, 2.45) is 0 Å². The summed E-state index contributed by atoms with van der Waals surface area (Å²) in [5, 5.41) is 0. The van der Waals surface area contributed by atoms with Crippen LogP contribution < -0.4 is 0 Å². The number of nitrogens with zero attached hydrogens (tertiary/aromatic N) is 4. The molecule has 1 saturated heterocycles. The number of rotatable bonds is 5. The van der Waals surface area contributed by atoms with Crippen LogP contribution in [0.4, 0.5) is 0 Å². The highest BCUT2D eigenvalue weighted by Crippen LogP contribution is 2.19. The van der Waals surface area contributed by atoms with Crippen LogP contribution in [0.25, 0.3) is 11.2 Å². The van der Waals surface area contributed by atoms with E-state index in [2.05, 4.69) is 22.5 Å². The number of imidazole rings is 1. The second-order valence-electron chi connectivity index (χ2n) is 5.97. The van der Waals surface area contributed by atoms with Gasteiger partial charge in [0.15, 0.2) is 5.65 Å². The van der Waals surface area contributed by atoms with Gasteiger partial charge in [-0.2, -0.15) is 0 Å². The Hall–Kier alpha value is -1.13. The molecule has 0 N–H and O–H groups in total. The first kappa shape index (κ1) is 14.8. The zero-order valence-electron chi connectivity index (χ0n) is 12.8. The number of alkyl halides is 1. The number of pyridine rings is 1. The van der Waals surface area contributed by atoms with Crippen LogP contribution in [0.2, 0.25) is 0 Å². The SMILES string of the molecule is Cc1ccc2nc(CCCl)n(CC(C)N3CCCC3)c2n1. The molecule has 1 aliphatic rings. The predicted molar refractivity (Wildman–Crippen MR) is 87.0 cm³/mol. The molecule has 3 heterocycles. The minimum absolute atomic E-state index is 0.515. The Labute approximate surface area is 131 Å². The number of aryl methyl sites for hydroxylation is 2. The molecule has 114 valence electrons. The molecule has 5 heteroatoms. The molecule has 0 amide bonds. The van der Waals surface area contributed by atoms with Crippen molar-refractivity contribution in [2.45, 2.75) is 45.7 Å². The molecule has 0 aromatic carbocycles. The summed E-state index contributed by atoms with van der Waals surface area (Å²) in [7, 11) is 0. The maximum atomic E-state index is 5.95. The standard InChI is InChI=1S/C16H23ClN4/c1-12-5-6-14-16(18-12)21(15(19-14)7-8-17)11-13(2)20-9-3-4-10-20/h5-6,13H,3-4,7-11H2,1-2H3. The summed E-state index contributed by atoms with van der Waals surface area (Å²) in [5.74, 6) is 1.66. The molecular weight excluding hydrogens is 284 g/mol. The van der Waals surface area contributed by atoms with E-state index < -0.39 is 0 Å². The highest BCUT2D eigenvalue weighted by atomic mass is 35.5. The largest absolute Gasteiger partial charge is 0.311 e. The third-order valence-electron chi connectivity index (χ3n) is 4.34. The normalized spacial score (nSPS) is 17.7. The van der Waals surface area contributed by atoms with Gasteiger partial charge in [-0.05, 0) is 51.9 Å². The monoisotopic (exact) mass is 306 g/mol. The van der Waals surface area contributed by atoms with Crippen molar-refractivity contribution in [3.05, 3.63) is 23.7 Å². The van der Waals surface area contributed by atoms with Gasteiger partial charge in [0.25, 0.3) is 0 Å². The zero-order chi connectivity index (χ0) is 14.8. The van der Waals surface area contributed by atoms with Crippen LogP contribution >= 0.6 is 11.6 Å². The molecule has 21 heavy (non-hydrogen) atoms. The molecule has 0 aliphatic carbocycles. The highest BCUT2D eigenvalue weighted by Gasteiger charge is 2.21. The molecule has 0 bridgehead atoms. The van der Waals surface area contributed by atoms with Crippen molar-refractivity contribution in [3.8, 4) is 0 Å². The summed E-state index contributed by atoms with van der Waals surface area (Å²) in [6.45, 7) is 7.70. The molecule has 1 aliphatic heterocycles. The lowest BCUT2D eigenvalue weighted by Crippen LogP contribution is -2.34. The van der Waals surface area contributed by atoms with Crippen molar-refractivity contribution in [1.82, 2.24) is 19.4 Å². The number of aromatic nitrogens is 3. The molecule has 2 aromatic rings. The molecule has 3 rings (SSSR count). The van der Waals surface area contributed by atoms with E-state index in [1.54, 1.807) is 0 Å². The van der Waals surface area contributed by atoms with E-state index in [-0.39, 0.29) is 0 Å². The Morgan fingerprint density at radius 3 is 2.71 bits per heavy atom. The molecule has 1 atom stereocenters. The summed E-state index contributed by atoms with van der Waals surface area (Å²) in [6, 6.07) is 4.60. The number of halogens is 1. The Morgan fingerprint density at radius 2 is 2.00 bits per heavy atom. The fourth-order valence-corrected chi connectivity index (χ4v) is 3.34. The number of hydrogen-bond acceptors (Lipinski definition) is 3. The Morgan fingerprint density at radius 1 is 1.24 bits per heavy atom. The maximum absolute atomic E-state index is 5.95. The third kappa shape index (κ3) is 3.06. The van der Waals surface area contributed by atoms with Gasteiger partial charge >= 0.3 is 0 Å². The van der Waals surface area contributed by atoms with Crippen molar-refractivity contribution in [3.63, 3.8) is 0 Å². The molecular formula is C16H23ClN4. The Balaban J connectivity index is 1.93. The lowest BCUT2D eigenvalue weighted by Gasteiger charge is -2.24. The van der Waals surface area contributed by atoms with Gasteiger partial charge in [0, 0.05) is 30.6 Å². The van der Waals surface area contributed by atoms with Crippen molar-refractivity contribution in [1.29, 1.82) is 0 Å². The van der Waals surface area contributed by atoms with Crippen LogP contribution in [0.3, 0.4) is 0 Å². The van der Waals surface area contributed by atoms with Crippen LogP contribution in [-0.4, -0.2) is 44.4 Å². The lowest BCUT2D eigenvalue weighted by atomic mass is 10.3. The molecule has 1 unspecified atom stereocenters. The minimum atomic E-state index is 0.515. The number of fused-ring (bicyclic) bond motifs is 1. The van der Waals surface area contributed by atoms with Crippen molar-refractivity contribution >= 4 is 22.8 Å². The first-order valence-electron chi connectivity index (χ1n) is 7.82. The Kier molecular flexibility index (Phi) is 4.45. The average molecular weight is 307 g/mol. The van der Waals surface area contributed by atoms with Gasteiger partial charge in [-0.1, -0.05) is 0 Å². The molecule has 0 saturated carbocycles. The van der Waals surface area contributed by atoms with E-state index >= 15 is 0 Å². The lowest BCUT2D eigenvalue weighted by molar-refractivity contribution is 0.235. The second kappa shape index (κ2) is 6.32. The zero-order valence-corrected chi connectivity index (χ0v) is 13.6. The van der Waals surface area contributed by atoms with Crippen LogP contribution in [-0.2, 0) is 13.0 Å². The van der Waals surface area contributed by atoms with E-state index in [0.29, 0.717) is 11.9 Å². The van der Waals surface area contributed by atoms with Crippen molar-refractivity contribution in [2.75, 3.05) is 19.0 Å². The van der Waals surface area contributed by atoms with Crippen LogP contribution in [0.5, 0.6) is 0 Å². The first-order chi connectivity index (χ1) is 10.2.